The van der Waals surface area contributed by atoms with Gasteiger partial charge in [-0.1, -0.05) is 0 Å². The van der Waals surface area contributed by atoms with Gasteiger partial charge < -0.3 is 15.5 Å². The van der Waals surface area contributed by atoms with Crippen molar-refractivity contribution >= 4 is 36.1 Å². The van der Waals surface area contributed by atoms with Gasteiger partial charge in [0.1, 0.15) is 0 Å². The van der Waals surface area contributed by atoms with Crippen LogP contribution < -0.4 is 0 Å². The Labute approximate surface area is 43.8 Å². The third-order valence-corrected chi connectivity index (χ3v) is 0.607. The van der Waals surface area contributed by atoms with Crippen molar-refractivity contribution in [2.75, 3.05) is 0 Å². The van der Waals surface area contributed by atoms with Gasteiger partial charge in [-0.2, -0.15) is 0 Å². The largest absolute Gasteiger partial charge is 0.690 e. The standard InChI is InChI=1S/CH3B5/c1-5(2)6(3)4/h1H3/q-2. The summed E-state index contributed by atoms with van der Waals surface area (Å²) in [7, 11) is 15.4. The third-order valence-electron chi connectivity index (χ3n) is 0.607. The monoisotopic (exact) mass is 70.1 g/mol. The van der Waals surface area contributed by atoms with Crippen LogP contribution in [0.3, 0.4) is 0 Å². The fourth-order valence-corrected chi connectivity index (χ4v) is 0. The molecule has 0 rings (SSSR count). The second kappa shape index (κ2) is 2.49. The first-order valence-corrected chi connectivity index (χ1v) is 1.91. The normalized spacial score (nSPS) is 7.83. The zero-order chi connectivity index (χ0) is 5.15. The van der Waals surface area contributed by atoms with Crippen LogP contribution in [-0.2, 0) is 0 Å². The molecular formula is CH3B5-2. The summed E-state index contributed by atoms with van der Waals surface area (Å²) >= 11 is 0. The van der Waals surface area contributed by atoms with Crippen molar-refractivity contribution in [2.45, 2.75) is 6.82 Å². The van der Waals surface area contributed by atoms with Crippen molar-refractivity contribution in [2.24, 2.45) is 0 Å². The van der Waals surface area contributed by atoms with Crippen molar-refractivity contribution in [1.82, 2.24) is 0 Å². The maximum Gasteiger partial charge on any atom is -0.0453 e. The van der Waals surface area contributed by atoms with Crippen LogP contribution in [0.1, 0.15) is 0 Å². The van der Waals surface area contributed by atoms with Gasteiger partial charge in [-0.25, -0.2) is 6.49 Å². The Kier molecular flexibility index (Phi) is 2.62. The Morgan fingerprint density at radius 2 is 1.67 bits per heavy atom. The van der Waals surface area contributed by atoms with Crippen LogP contribution in [0.5, 0.6) is 0 Å². The van der Waals surface area contributed by atoms with E-state index in [0.29, 0.717) is 0 Å². The molecule has 8 radical (unpaired) electrons. The summed E-state index contributed by atoms with van der Waals surface area (Å²) in [6, 6.07) is 0. The fraction of sp³-hybridized carbons (Fsp3) is 1.00. The summed E-state index contributed by atoms with van der Waals surface area (Å²) in [5, 5.41) is 0. The first-order chi connectivity index (χ1) is 2.64. The molecule has 0 aromatic heterocycles. The van der Waals surface area contributed by atoms with E-state index < -0.39 is 0 Å². The van der Waals surface area contributed by atoms with E-state index in [4.69, 9.17) is 23.2 Å². The Balaban J connectivity index is 2.99. The van der Waals surface area contributed by atoms with Gasteiger partial charge in [-0.3, -0.25) is 6.39 Å². The molecule has 0 aromatic carbocycles. The summed E-state index contributed by atoms with van der Waals surface area (Å²) in [5.41, 5.74) is 0. The van der Waals surface area contributed by atoms with Crippen LogP contribution in [0.2, 0.25) is 6.82 Å². The van der Waals surface area contributed by atoms with Gasteiger partial charge in [0.25, 0.3) is 0 Å². The molecule has 0 atom stereocenters. The molecule has 0 heterocycles. The van der Waals surface area contributed by atoms with E-state index in [0.717, 1.165) is 0 Å². The molecule has 0 unspecified atom stereocenters. The van der Waals surface area contributed by atoms with E-state index in [1.807, 2.05) is 0 Å². The van der Waals surface area contributed by atoms with E-state index in [2.05, 4.69) is 0 Å². The van der Waals surface area contributed by atoms with E-state index in [1.54, 1.807) is 6.82 Å². The van der Waals surface area contributed by atoms with Crippen LogP contribution in [0.4, 0.5) is 0 Å². The minimum absolute atomic E-state index is 0.0926. The van der Waals surface area contributed by atoms with Crippen molar-refractivity contribution in [3.8, 4) is 0 Å². The molecule has 0 aromatic rings. The number of hydrogen-bond acceptors (Lipinski definition) is 0. The summed E-state index contributed by atoms with van der Waals surface area (Å²) in [4.78, 5) is 0. The topological polar surface area (TPSA) is 0 Å². The average Bonchev–Trinajstić information content (AvgIpc) is 1.36. The molecule has 6 heavy (non-hydrogen) atoms. The van der Waals surface area contributed by atoms with Gasteiger partial charge in [-0.15, -0.1) is 6.82 Å². The Bertz CT molecular complexity index is 24.9. The molecule has 0 fully saturated rings. The lowest BCUT2D eigenvalue weighted by atomic mass is 8.87. The van der Waals surface area contributed by atoms with Crippen molar-refractivity contribution in [3.05, 3.63) is 0 Å². The highest BCUT2D eigenvalue weighted by Gasteiger charge is 1.73. The first-order valence-electron chi connectivity index (χ1n) is 1.91. The molecule has 0 N–H and O–H groups in total. The lowest BCUT2D eigenvalue weighted by Gasteiger charge is -2.31. The predicted molar refractivity (Wildman–Crippen MR) is 34.6 cm³/mol. The van der Waals surface area contributed by atoms with Gasteiger partial charge in [-0.05, 0) is 7.74 Å². The minimum atomic E-state index is -0.370. The molecule has 0 nitrogen and oxygen atoms in total. The van der Waals surface area contributed by atoms with Crippen LogP contribution in [-0.4, -0.2) is 36.1 Å². The second-order valence-electron chi connectivity index (χ2n) is 1.44. The molecule has 0 saturated carbocycles. The third kappa shape index (κ3) is 2.56. The average molecular weight is 69.1 g/mol. The minimum Gasteiger partial charge on any atom is -0.690 e. The molecule has 0 amide bonds. The zero-order valence-electron chi connectivity index (χ0n) is 3.89. The Hall–Kier alpha value is 0.325. The molecule has 0 bridgehead atoms. The van der Waals surface area contributed by atoms with E-state index >= 15 is 0 Å². The molecule has 5 heteroatoms. The summed E-state index contributed by atoms with van der Waals surface area (Å²) < 4.78 is 0. The summed E-state index contributed by atoms with van der Waals surface area (Å²) in [6.07, 6.45) is -0.370. The van der Waals surface area contributed by atoms with Gasteiger partial charge in [0.15, 0.2) is 0 Å². The highest BCUT2D eigenvalue weighted by molar-refractivity contribution is 7.66. The van der Waals surface area contributed by atoms with Gasteiger partial charge >= 0.3 is 0 Å². The number of rotatable bonds is 1. The molecule has 0 aliphatic carbocycles. The SMILES string of the molecule is [B]B([B-])B([B-])C. The van der Waals surface area contributed by atoms with E-state index in [1.165, 1.54) is 0 Å². The zero-order valence-corrected chi connectivity index (χ0v) is 3.89. The summed E-state index contributed by atoms with van der Waals surface area (Å²) in [6.45, 7) is 1.68. The molecule has 0 saturated heterocycles. The lowest BCUT2D eigenvalue weighted by Crippen LogP contribution is -2.34. The molecule has 24 valence electrons. The predicted octanol–water partition coefficient (Wildman–Crippen LogP) is -1.32. The van der Waals surface area contributed by atoms with Gasteiger partial charge in [0.05, 0.1) is 0 Å². The Morgan fingerprint density at radius 3 is 1.67 bits per heavy atom. The van der Waals surface area contributed by atoms with Crippen LogP contribution in [0.15, 0.2) is 0 Å². The van der Waals surface area contributed by atoms with Crippen molar-refractivity contribution in [1.29, 1.82) is 0 Å². The molecule has 0 aliphatic rings. The Morgan fingerprint density at radius 1 is 1.50 bits per heavy atom. The maximum atomic E-state index is 5.19. The van der Waals surface area contributed by atoms with Crippen molar-refractivity contribution < 1.29 is 0 Å². The fourth-order valence-electron chi connectivity index (χ4n) is 0. The van der Waals surface area contributed by atoms with Gasteiger partial charge in [0.2, 0.25) is 0 Å². The molecule has 0 aliphatic heterocycles. The lowest BCUT2D eigenvalue weighted by molar-refractivity contribution is 2.33. The first kappa shape index (κ1) is 6.32. The van der Waals surface area contributed by atoms with Crippen LogP contribution in [0, 0.1) is 0 Å². The van der Waals surface area contributed by atoms with Crippen molar-refractivity contribution in [3.63, 3.8) is 0 Å². The maximum absolute atomic E-state index is 5.19. The molecule has 0 spiro atoms. The van der Waals surface area contributed by atoms with E-state index in [9.17, 15) is 0 Å². The highest BCUT2D eigenvalue weighted by Crippen LogP contribution is 1.69. The van der Waals surface area contributed by atoms with Gasteiger partial charge in [0, 0.05) is 0 Å². The smallest absolute Gasteiger partial charge is 0.0453 e. The second-order valence-corrected chi connectivity index (χ2v) is 1.44. The summed E-state index contributed by atoms with van der Waals surface area (Å²) in [5.74, 6) is 0. The highest BCUT2D eigenvalue weighted by atomic mass is 13.0. The van der Waals surface area contributed by atoms with Crippen LogP contribution in [0.25, 0.3) is 0 Å². The molecular weight excluding hydrogens is 66.1 g/mol. The quantitative estimate of drug-likeness (QED) is 0.335. The van der Waals surface area contributed by atoms with Crippen LogP contribution >= 0.6 is 0 Å². The number of hydrogen-bond donors (Lipinski definition) is 0. The van der Waals surface area contributed by atoms with E-state index in [-0.39, 0.29) is 12.9 Å².